The average Bonchev–Trinajstić information content (AvgIpc) is 3.02. The second-order valence-corrected chi connectivity index (χ2v) is 6.33. The molecule has 0 bridgehead atoms. The summed E-state index contributed by atoms with van der Waals surface area (Å²) in [6.45, 7) is 3.43. The Morgan fingerprint density at radius 1 is 1.11 bits per heavy atom. The molecule has 0 radical (unpaired) electrons. The van der Waals surface area contributed by atoms with Crippen LogP contribution >= 0.6 is 0 Å². The summed E-state index contributed by atoms with van der Waals surface area (Å²) in [4.78, 5) is 60.1. The van der Waals surface area contributed by atoms with Crippen molar-refractivity contribution in [2.75, 3.05) is 18.1 Å². The number of rotatable bonds is 8. The van der Waals surface area contributed by atoms with Gasteiger partial charge in [-0.1, -0.05) is 6.92 Å². The summed E-state index contributed by atoms with van der Waals surface area (Å²) in [5.74, 6) is -2.22. The standard InChI is InChI=1S/C19H23N3O6/c1-3-10-20-18(26)12(2)21-15(23)11-28-19(27)13-4-6-14(7-5-13)22-16(24)8-9-17(22)25/h4-7,12H,3,8-11H2,1-2H3,(H,20,26)(H,21,23)/t12-/m1/s1. The van der Waals surface area contributed by atoms with Gasteiger partial charge in [0.1, 0.15) is 6.04 Å². The second-order valence-electron chi connectivity index (χ2n) is 6.33. The van der Waals surface area contributed by atoms with Gasteiger partial charge in [-0.2, -0.15) is 0 Å². The molecule has 0 unspecified atom stereocenters. The molecule has 1 atom stereocenters. The summed E-state index contributed by atoms with van der Waals surface area (Å²) in [7, 11) is 0. The molecular formula is C19H23N3O6. The molecule has 1 aromatic rings. The fourth-order valence-corrected chi connectivity index (χ4v) is 2.58. The van der Waals surface area contributed by atoms with Crippen molar-refractivity contribution in [3.05, 3.63) is 29.8 Å². The van der Waals surface area contributed by atoms with Gasteiger partial charge < -0.3 is 15.4 Å². The van der Waals surface area contributed by atoms with E-state index >= 15 is 0 Å². The third-order valence-corrected chi connectivity index (χ3v) is 4.07. The van der Waals surface area contributed by atoms with Crippen molar-refractivity contribution in [2.24, 2.45) is 0 Å². The molecule has 1 fully saturated rings. The summed E-state index contributed by atoms with van der Waals surface area (Å²) in [6, 6.07) is 5.02. The van der Waals surface area contributed by atoms with Crippen molar-refractivity contribution in [3.63, 3.8) is 0 Å². The summed E-state index contributed by atoms with van der Waals surface area (Å²) >= 11 is 0. The number of hydrogen-bond acceptors (Lipinski definition) is 6. The molecule has 0 aliphatic carbocycles. The summed E-state index contributed by atoms with van der Waals surface area (Å²) in [5.41, 5.74) is 0.554. The Hall–Kier alpha value is -3.23. The molecule has 4 amide bonds. The monoisotopic (exact) mass is 389 g/mol. The van der Waals surface area contributed by atoms with Crippen LogP contribution < -0.4 is 15.5 Å². The van der Waals surface area contributed by atoms with Gasteiger partial charge in [0.25, 0.3) is 5.91 Å². The lowest BCUT2D eigenvalue weighted by atomic mass is 10.2. The van der Waals surface area contributed by atoms with Crippen molar-refractivity contribution in [1.29, 1.82) is 0 Å². The van der Waals surface area contributed by atoms with E-state index in [1.54, 1.807) is 0 Å². The minimum atomic E-state index is -0.743. The highest BCUT2D eigenvalue weighted by molar-refractivity contribution is 6.19. The van der Waals surface area contributed by atoms with E-state index in [2.05, 4.69) is 10.6 Å². The molecule has 28 heavy (non-hydrogen) atoms. The molecule has 2 rings (SSSR count). The van der Waals surface area contributed by atoms with Crippen LogP contribution in [-0.4, -0.2) is 48.8 Å². The number of nitrogens with zero attached hydrogens (tertiary/aromatic N) is 1. The van der Waals surface area contributed by atoms with Crippen LogP contribution in [-0.2, 0) is 23.9 Å². The van der Waals surface area contributed by atoms with Crippen LogP contribution in [0.15, 0.2) is 24.3 Å². The van der Waals surface area contributed by atoms with Gasteiger partial charge in [0.2, 0.25) is 17.7 Å². The molecular weight excluding hydrogens is 366 g/mol. The maximum Gasteiger partial charge on any atom is 0.338 e. The van der Waals surface area contributed by atoms with Crippen molar-refractivity contribution >= 4 is 35.3 Å². The smallest absolute Gasteiger partial charge is 0.338 e. The van der Waals surface area contributed by atoms with E-state index in [-0.39, 0.29) is 36.1 Å². The molecule has 1 heterocycles. The minimum absolute atomic E-state index is 0.171. The zero-order valence-electron chi connectivity index (χ0n) is 15.8. The number of anilines is 1. The number of hydrogen-bond donors (Lipinski definition) is 2. The Morgan fingerprint density at radius 3 is 2.29 bits per heavy atom. The Balaban J connectivity index is 1.84. The lowest BCUT2D eigenvalue weighted by Gasteiger charge is -2.15. The highest BCUT2D eigenvalue weighted by Crippen LogP contribution is 2.22. The van der Waals surface area contributed by atoms with E-state index in [0.717, 1.165) is 11.3 Å². The first-order valence-electron chi connectivity index (χ1n) is 9.03. The van der Waals surface area contributed by atoms with Gasteiger partial charge in [-0.25, -0.2) is 4.79 Å². The number of amides is 4. The van der Waals surface area contributed by atoms with Crippen LogP contribution in [0.2, 0.25) is 0 Å². The molecule has 0 spiro atoms. The first-order valence-corrected chi connectivity index (χ1v) is 9.03. The molecule has 1 aliphatic rings. The maximum atomic E-state index is 12.0. The maximum absolute atomic E-state index is 12.0. The minimum Gasteiger partial charge on any atom is -0.452 e. The molecule has 1 saturated heterocycles. The van der Waals surface area contributed by atoms with E-state index in [0.29, 0.717) is 12.2 Å². The molecule has 9 nitrogen and oxygen atoms in total. The van der Waals surface area contributed by atoms with Crippen LogP contribution in [0.1, 0.15) is 43.5 Å². The second kappa shape index (κ2) is 9.63. The van der Waals surface area contributed by atoms with Gasteiger partial charge in [-0.3, -0.25) is 24.1 Å². The predicted molar refractivity (Wildman–Crippen MR) is 99.4 cm³/mol. The molecule has 0 aromatic heterocycles. The topological polar surface area (TPSA) is 122 Å². The van der Waals surface area contributed by atoms with E-state index in [1.165, 1.54) is 31.2 Å². The van der Waals surface area contributed by atoms with Crippen LogP contribution in [0, 0.1) is 0 Å². The van der Waals surface area contributed by atoms with Crippen molar-refractivity contribution in [2.45, 2.75) is 39.2 Å². The van der Waals surface area contributed by atoms with Crippen LogP contribution in [0.4, 0.5) is 5.69 Å². The first kappa shape index (κ1) is 21.1. The largest absolute Gasteiger partial charge is 0.452 e. The summed E-state index contributed by atoms with van der Waals surface area (Å²) in [6.07, 6.45) is 1.13. The Bertz CT molecular complexity index is 758. The molecule has 2 N–H and O–H groups in total. The molecule has 1 aliphatic heterocycles. The third-order valence-electron chi connectivity index (χ3n) is 4.07. The van der Waals surface area contributed by atoms with Gasteiger partial charge in [-0.05, 0) is 37.6 Å². The zero-order chi connectivity index (χ0) is 20.7. The van der Waals surface area contributed by atoms with Gasteiger partial charge >= 0.3 is 5.97 Å². The molecule has 150 valence electrons. The number of nitrogens with one attached hydrogen (secondary N) is 2. The lowest BCUT2D eigenvalue weighted by molar-refractivity contribution is -0.130. The zero-order valence-corrected chi connectivity index (χ0v) is 15.8. The number of carbonyl (C=O) groups excluding carboxylic acids is 5. The number of imide groups is 1. The summed E-state index contributed by atoms with van der Waals surface area (Å²) in [5, 5.41) is 5.09. The normalized spacial score (nSPS) is 14.6. The van der Waals surface area contributed by atoms with Crippen LogP contribution in [0.5, 0.6) is 0 Å². The fraction of sp³-hybridized carbons (Fsp3) is 0.421. The van der Waals surface area contributed by atoms with Crippen molar-refractivity contribution < 1.29 is 28.7 Å². The van der Waals surface area contributed by atoms with Crippen molar-refractivity contribution in [3.8, 4) is 0 Å². The highest BCUT2D eigenvalue weighted by atomic mass is 16.5. The van der Waals surface area contributed by atoms with E-state index < -0.39 is 24.5 Å². The van der Waals surface area contributed by atoms with E-state index in [9.17, 15) is 24.0 Å². The van der Waals surface area contributed by atoms with Gasteiger partial charge in [0.05, 0.1) is 11.3 Å². The number of carbonyl (C=O) groups is 5. The third kappa shape index (κ3) is 5.38. The van der Waals surface area contributed by atoms with Gasteiger partial charge in [0.15, 0.2) is 6.61 Å². The summed E-state index contributed by atoms with van der Waals surface area (Å²) < 4.78 is 4.93. The predicted octanol–water partition coefficient (Wildman–Crippen LogP) is 0.528. The van der Waals surface area contributed by atoms with Gasteiger partial charge in [0, 0.05) is 19.4 Å². The average molecular weight is 389 g/mol. The Kier molecular flexibility index (Phi) is 7.25. The SMILES string of the molecule is CCCNC(=O)[C@@H](C)NC(=O)COC(=O)c1ccc(N2C(=O)CCC2=O)cc1. The number of benzene rings is 1. The number of esters is 1. The first-order chi connectivity index (χ1) is 13.3. The molecule has 9 heteroatoms. The quantitative estimate of drug-likeness (QED) is 0.494. The number of ether oxygens (including phenoxy) is 1. The Morgan fingerprint density at radius 2 is 1.71 bits per heavy atom. The van der Waals surface area contributed by atoms with Crippen LogP contribution in [0.25, 0.3) is 0 Å². The van der Waals surface area contributed by atoms with Crippen LogP contribution in [0.3, 0.4) is 0 Å². The Labute approximate surface area is 162 Å². The van der Waals surface area contributed by atoms with Crippen molar-refractivity contribution in [1.82, 2.24) is 10.6 Å². The van der Waals surface area contributed by atoms with E-state index in [1.807, 2.05) is 6.92 Å². The molecule has 0 saturated carbocycles. The lowest BCUT2D eigenvalue weighted by Crippen LogP contribution is -2.46. The van der Waals surface area contributed by atoms with Gasteiger partial charge in [-0.15, -0.1) is 0 Å². The fourth-order valence-electron chi connectivity index (χ4n) is 2.58. The van der Waals surface area contributed by atoms with E-state index in [4.69, 9.17) is 4.74 Å². The molecule has 1 aromatic carbocycles. The highest BCUT2D eigenvalue weighted by Gasteiger charge is 2.30.